The molecular formula is C33H36Cl2F3N7O2. The summed E-state index contributed by atoms with van der Waals surface area (Å²) >= 11 is 12.7. The lowest BCUT2D eigenvalue weighted by atomic mass is 9.85. The van der Waals surface area contributed by atoms with Gasteiger partial charge in [0, 0.05) is 48.4 Å². The molecule has 1 fully saturated rings. The first kappa shape index (κ1) is 34.5. The number of piperazine rings is 1. The minimum Gasteiger partial charge on any atom is -0.396 e. The normalized spacial score (nSPS) is 27.0. The molecule has 9 nitrogen and oxygen atoms in total. The monoisotopic (exact) mass is 689 g/mol. The maximum Gasteiger partial charge on any atom is 0.272 e. The molecule has 2 aromatic rings. The van der Waals surface area contributed by atoms with Gasteiger partial charge in [0.2, 0.25) is 5.91 Å². The summed E-state index contributed by atoms with van der Waals surface area (Å²) in [5, 5.41) is 8.63. The van der Waals surface area contributed by atoms with Crippen LogP contribution >= 0.6 is 23.2 Å². The lowest BCUT2D eigenvalue weighted by molar-refractivity contribution is -0.130. The van der Waals surface area contributed by atoms with Crippen molar-refractivity contribution in [2.24, 2.45) is 22.6 Å². The molecule has 0 radical (unpaired) electrons. The molecule has 2 aromatic heterocycles. The van der Waals surface area contributed by atoms with Crippen LogP contribution in [-0.4, -0.2) is 69.3 Å². The molecule has 14 heteroatoms. The van der Waals surface area contributed by atoms with Crippen LogP contribution in [0.5, 0.6) is 0 Å². The zero-order chi connectivity index (χ0) is 34.6. The van der Waals surface area contributed by atoms with Crippen LogP contribution in [0.2, 0.25) is 5.02 Å². The Bertz CT molecular complexity index is 1850. The molecule has 5 rings (SSSR count). The van der Waals surface area contributed by atoms with Gasteiger partial charge >= 0.3 is 0 Å². The Balaban J connectivity index is 1.88. The summed E-state index contributed by atoms with van der Waals surface area (Å²) in [5.41, 5.74) is 4.40. The zero-order valence-electron chi connectivity index (χ0n) is 26.7. The molecule has 2 aliphatic heterocycles. The molecule has 4 heterocycles. The van der Waals surface area contributed by atoms with Crippen molar-refractivity contribution in [2.75, 3.05) is 24.5 Å². The second kappa shape index (κ2) is 13.0. The Morgan fingerprint density at radius 3 is 2.45 bits per heavy atom. The molecule has 1 saturated heterocycles. The van der Waals surface area contributed by atoms with Crippen LogP contribution in [-0.2, 0) is 4.79 Å². The summed E-state index contributed by atoms with van der Waals surface area (Å²) in [6, 6.07) is 2.24. The molecule has 0 aromatic carbocycles. The predicted octanol–water partition coefficient (Wildman–Crippen LogP) is 5.99. The third kappa shape index (κ3) is 5.61. The quantitative estimate of drug-likeness (QED) is 0.304. The van der Waals surface area contributed by atoms with Crippen molar-refractivity contribution >= 4 is 57.1 Å². The molecule has 3 aliphatic rings. The van der Waals surface area contributed by atoms with E-state index in [9.17, 15) is 23.6 Å². The number of nitrogens with two attached hydrogens (primary N) is 1. The largest absolute Gasteiger partial charge is 0.396 e. The Morgan fingerprint density at radius 2 is 1.87 bits per heavy atom. The predicted molar refractivity (Wildman–Crippen MR) is 179 cm³/mol. The van der Waals surface area contributed by atoms with Crippen LogP contribution in [0.25, 0.3) is 16.6 Å². The maximum atomic E-state index is 15.7. The van der Waals surface area contributed by atoms with Crippen LogP contribution in [0.3, 0.4) is 0 Å². The number of amides is 1. The molecule has 1 aliphatic carbocycles. The number of allylic oxidation sites excluding steroid dienone is 3. The fourth-order valence-corrected chi connectivity index (χ4v) is 7.59. The van der Waals surface area contributed by atoms with Crippen molar-refractivity contribution in [1.29, 1.82) is 5.26 Å². The number of pyridine rings is 2. The average molecular weight is 691 g/mol. The van der Waals surface area contributed by atoms with E-state index >= 15 is 4.39 Å². The van der Waals surface area contributed by atoms with Crippen molar-refractivity contribution < 1.29 is 18.0 Å². The minimum absolute atomic E-state index is 0.0365. The van der Waals surface area contributed by atoms with E-state index in [1.165, 1.54) is 16.7 Å². The molecule has 47 heavy (non-hydrogen) atoms. The molecule has 0 saturated carbocycles. The van der Waals surface area contributed by atoms with Gasteiger partial charge in [-0.1, -0.05) is 39.0 Å². The Morgan fingerprint density at radius 1 is 1.23 bits per heavy atom. The maximum absolute atomic E-state index is 15.7. The number of alkyl halides is 2. The average Bonchev–Trinajstić information content (AvgIpc) is 3.02. The summed E-state index contributed by atoms with van der Waals surface area (Å²) in [7, 11) is 0. The third-order valence-electron chi connectivity index (χ3n) is 9.24. The molecule has 6 atom stereocenters. The highest BCUT2D eigenvalue weighted by molar-refractivity contribution is 6.33. The van der Waals surface area contributed by atoms with E-state index in [-0.39, 0.29) is 70.5 Å². The van der Waals surface area contributed by atoms with Crippen LogP contribution in [0, 0.1) is 23.2 Å². The highest BCUT2D eigenvalue weighted by Gasteiger charge is 2.41. The first-order valence-electron chi connectivity index (χ1n) is 15.4. The fraction of sp³-hybridized carbons (Fsp3) is 0.485. The first-order valence-corrected chi connectivity index (χ1v) is 16.2. The van der Waals surface area contributed by atoms with Gasteiger partial charge in [-0.25, -0.2) is 18.2 Å². The van der Waals surface area contributed by atoms with Crippen molar-refractivity contribution in [3.63, 3.8) is 0 Å². The van der Waals surface area contributed by atoms with Gasteiger partial charge in [0.15, 0.2) is 17.8 Å². The number of nitrogens with zero attached hydrogens (tertiary/aromatic N) is 6. The summed E-state index contributed by atoms with van der Waals surface area (Å²) in [6.45, 7) is 14.2. The number of fused-ring (bicyclic) bond motifs is 1. The van der Waals surface area contributed by atoms with E-state index < -0.39 is 46.1 Å². The van der Waals surface area contributed by atoms with Gasteiger partial charge in [0.1, 0.15) is 22.7 Å². The van der Waals surface area contributed by atoms with E-state index in [0.29, 0.717) is 18.4 Å². The van der Waals surface area contributed by atoms with Crippen LogP contribution < -0.4 is 16.2 Å². The van der Waals surface area contributed by atoms with Crippen molar-refractivity contribution in [2.45, 2.75) is 70.7 Å². The lowest BCUT2D eigenvalue weighted by Crippen LogP contribution is -2.58. The highest BCUT2D eigenvalue weighted by Crippen LogP contribution is 2.44. The van der Waals surface area contributed by atoms with Crippen LogP contribution in [0.4, 0.5) is 18.9 Å². The Labute approximate surface area is 280 Å². The minimum atomic E-state index is -2.31. The van der Waals surface area contributed by atoms with Gasteiger partial charge in [0.05, 0.1) is 28.1 Å². The highest BCUT2D eigenvalue weighted by atomic mass is 35.5. The van der Waals surface area contributed by atoms with Gasteiger partial charge in [-0.2, -0.15) is 5.26 Å². The van der Waals surface area contributed by atoms with Gasteiger partial charge < -0.3 is 15.5 Å². The SMILES string of the molecule is C=CC(=O)N1[C@H](C)CN(c2c(C#N)c(=O)n(C3C(C(C)C)=NCC[C@H]3C)c3nc(C4=C(N)C(F)=C(F)[C@H](Cl)[C@@H]4F)c(Cl)cc23)C[C@@H]1C. The molecule has 1 unspecified atom stereocenters. The Hall–Kier alpha value is -3.82. The van der Waals surface area contributed by atoms with Crippen LogP contribution in [0.1, 0.15) is 58.3 Å². The van der Waals surface area contributed by atoms with E-state index in [0.717, 1.165) is 5.71 Å². The van der Waals surface area contributed by atoms with E-state index in [1.807, 2.05) is 39.5 Å². The number of rotatable bonds is 5. The molecule has 2 N–H and O–H groups in total. The number of hydrogen-bond donors (Lipinski definition) is 1. The standard InChI is InChI=1S/C33H36Cl2F3N7O2/c1-7-21(46)44-16(5)12-43(13-17(44)6)31-18-10-20(34)29(22-24(36)23(35)25(37)26(38)27(22)40)42-32(18)45(33(47)19(31)11-39)30-15(4)8-9-41-28(30)14(2)3/h7,10,14-17,23-24,30H,1,8-9,12-13,40H2,2-6H3/t15-,16-,17+,23-,24-,30?/m1/s1. The van der Waals surface area contributed by atoms with Gasteiger partial charge in [-0.15, -0.1) is 11.6 Å². The van der Waals surface area contributed by atoms with Crippen LogP contribution in [0.15, 0.2) is 45.9 Å². The molecule has 1 amide bonds. The number of aromatic nitrogens is 2. The second-order valence-corrected chi connectivity index (χ2v) is 13.6. The van der Waals surface area contributed by atoms with Gasteiger partial charge in [0.25, 0.3) is 5.56 Å². The zero-order valence-corrected chi connectivity index (χ0v) is 28.2. The number of halogens is 5. The number of anilines is 1. The topological polar surface area (TPSA) is 121 Å². The van der Waals surface area contributed by atoms with E-state index in [1.54, 1.807) is 4.90 Å². The van der Waals surface area contributed by atoms with Crippen molar-refractivity contribution in [3.05, 3.63) is 62.7 Å². The molecule has 250 valence electrons. The van der Waals surface area contributed by atoms with E-state index in [2.05, 4.69) is 12.6 Å². The summed E-state index contributed by atoms with van der Waals surface area (Å²) < 4.78 is 46.3. The molecule has 0 spiro atoms. The van der Waals surface area contributed by atoms with Crippen molar-refractivity contribution in [1.82, 2.24) is 14.5 Å². The number of nitriles is 1. The fourth-order valence-electron chi connectivity index (χ4n) is 7.11. The first-order chi connectivity index (χ1) is 22.2. The number of aliphatic imine (C=N–C) groups is 1. The van der Waals surface area contributed by atoms with Gasteiger partial charge in [-0.05, 0) is 44.2 Å². The number of carbonyl (C=O) groups is 1. The summed E-state index contributed by atoms with van der Waals surface area (Å²) in [4.78, 5) is 40.2. The molecule has 0 bridgehead atoms. The summed E-state index contributed by atoms with van der Waals surface area (Å²) in [6.07, 6.45) is -0.430. The molecular weight excluding hydrogens is 654 g/mol. The smallest absolute Gasteiger partial charge is 0.272 e. The number of carbonyl (C=O) groups excluding carboxylic acids is 1. The van der Waals surface area contributed by atoms with Crippen molar-refractivity contribution in [3.8, 4) is 6.07 Å². The Kier molecular flexibility index (Phi) is 9.55. The summed E-state index contributed by atoms with van der Waals surface area (Å²) in [5.74, 6) is -3.51. The second-order valence-electron chi connectivity index (χ2n) is 12.7. The number of hydrogen-bond acceptors (Lipinski definition) is 7. The lowest BCUT2D eigenvalue weighted by Gasteiger charge is -2.45. The van der Waals surface area contributed by atoms with Gasteiger partial charge in [-0.3, -0.25) is 19.1 Å². The van der Waals surface area contributed by atoms with E-state index in [4.69, 9.17) is 38.9 Å². The third-order valence-corrected chi connectivity index (χ3v) is 9.94.